The van der Waals surface area contributed by atoms with Gasteiger partial charge in [-0.3, -0.25) is 9.89 Å². The molecule has 0 saturated carbocycles. The maximum Gasteiger partial charge on any atom is 0.353 e. The van der Waals surface area contributed by atoms with E-state index >= 15 is 0 Å². The number of phenolic OH excluding ortho intramolecular Hbond substituents is 1. The van der Waals surface area contributed by atoms with Crippen LogP contribution in [0.3, 0.4) is 0 Å². The predicted octanol–water partition coefficient (Wildman–Crippen LogP) is 3.69. The zero-order valence-electron chi connectivity index (χ0n) is 16.5. The fraction of sp³-hybridized carbons (Fsp3) is 0. The number of aromatic carboxylic acids is 1. The summed E-state index contributed by atoms with van der Waals surface area (Å²) in [6.45, 7) is 0. The lowest BCUT2D eigenvalue weighted by molar-refractivity contribution is -0.432. The molecule has 5 aromatic rings. The van der Waals surface area contributed by atoms with Gasteiger partial charge in [0, 0.05) is 27.3 Å². The second kappa shape index (κ2) is 8.11. The van der Waals surface area contributed by atoms with Gasteiger partial charge in [0.1, 0.15) is 17.3 Å². The second-order valence-electron chi connectivity index (χ2n) is 7.01. The van der Waals surface area contributed by atoms with Gasteiger partial charge in [0.05, 0.1) is 28.8 Å². The molecule has 0 spiro atoms. The molecule has 0 aliphatic heterocycles. The molecule has 33 heavy (non-hydrogen) atoms. The molecule has 0 aliphatic rings. The van der Waals surface area contributed by atoms with Gasteiger partial charge in [-0.2, -0.15) is 0 Å². The SMILES string of the molecule is O=C(O)c1cc(=O)n(-c2ccc(-c3nc4c(ccc5c(O)cc(SOOO)cc54)[nH]3)cc2)[nH]1. The highest BCUT2D eigenvalue weighted by Crippen LogP contribution is 2.36. The van der Waals surface area contributed by atoms with Crippen molar-refractivity contribution >= 4 is 39.8 Å². The molecule has 0 atom stereocenters. The molecule has 2 heterocycles. The molecule has 12 heteroatoms. The van der Waals surface area contributed by atoms with Gasteiger partial charge in [0.15, 0.2) is 0 Å². The van der Waals surface area contributed by atoms with Crippen LogP contribution in [-0.2, 0) is 9.37 Å². The van der Waals surface area contributed by atoms with Crippen LogP contribution < -0.4 is 5.56 Å². The number of hydrogen-bond donors (Lipinski definition) is 5. The number of aromatic nitrogens is 4. The minimum absolute atomic E-state index is 0.0180. The van der Waals surface area contributed by atoms with Gasteiger partial charge in [-0.1, -0.05) is 5.04 Å². The van der Waals surface area contributed by atoms with E-state index in [2.05, 4.69) is 24.4 Å². The molecule has 0 bridgehead atoms. The van der Waals surface area contributed by atoms with E-state index in [1.165, 1.54) is 6.07 Å². The summed E-state index contributed by atoms with van der Waals surface area (Å²) in [5, 5.41) is 35.2. The minimum Gasteiger partial charge on any atom is -0.507 e. The summed E-state index contributed by atoms with van der Waals surface area (Å²) in [4.78, 5) is 31.5. The predicted molar refractivity (Wildman–Crippen MR) is 118 cm³/mol. The molecule has 0 aliphatic carbocycles. The summed E-state index contributed by atoms with van der Waals surface area (Å²) in [6, 6.07) is 14.6. The highest BCUT2D eigenvalue weighted by molar-refractivity contribution is 7.94. The number of carboxylic acid groups (broad SMARTS) is 1. The smallest absolute Gasteiger partial charge is 0.353 e. The van der Waals surface area contributed by atoms with Crippen molar-refractivity contribution < 1.29 is 29.6 Å². The lowest BCUT2D eigenvalue weighted by Gasteiger charge is -2.05. The van der Waals surface area contributed by atoms with E-state index in [9.17, 15) is 14.7 Å². The minimum atomic E-state index is -1.22. The molecule has 0 amide bonds. The average molecular weight is 466 g/mol. The van der Waals surface area contributed by atoms with E-state index < -0.39 is 11.5 Å². The summed E-state index contributed by atoms with van der Waals surface area (Å²) in [7, 11) is 0. The zero-order valence-corrected chi connectivity index (χ0v) is 17.3. The molecule has 5 N–H and O–H groups in total. The quantitative estimate of drug-likeness (QED) is 0.143. The van der Waals surface area contributed by atoms with Crippen molar-refractivity contribution in [3.8, 4) is 22.8 Å². The van der Waals surface area contributed by atoms with Crippen LogP contribution in [-0.4, -0.2) is 41.2 Å². The van der Waals surface area contributed by atoms with E-state index in [0.29, 0.717) is 32.7 Å². The number of H-pyrrole nitrogens is 2. The first kappa shape index (κ1) is 20.8. The third kappa shape index (κ3) is 3.72. The first-order valence-electron chi connectivity index (χ1n) is 9.41. The number of nitrogens with one attached hydrogen (secondary N) is 2. The van der Waals surface area contributed by atoms with Crippen molar-refractivity contribution in [3.63, 3.8) is 0 Å². The van der Waals surface area contributed by atoms with Gasteiger partial charge in [0.25, 0.3) is 5.56 Å². The molecule has 2 aromatic heterocycles. The van der Waals surface area contributed by atoms with Gasteiger partial charge >= 0.3 is 5.97 Å². The second-order valence-corrected chi connectivity index (χ2v) is 7.78. The van der Waals surface area contributed by atoms with Gasteiger partial charge in [-0.05, 0) is 48.5 Å². The monoisotopic (exact) mass is 466 g/mol. The average Bonchev–Trinajstić information content (AvgIpc) is 3.42. The fourth-order valence-electron chi connectivity index (χ4n) is 3.57. The van der Waals surface area contributed by atoms with E-state index in [-0.39, 0.29) is 11.4 Å². The lowest BCUT2D eigenvalue weighted by Crippen LogP contribution is -2.13. The summed E-state index contributed by atoms with van der Waals surface area (Å²) in [5.41, 5.74) is 1.85. The van der Waals surface area contributed by atoms with Crippen molar-refractivity contribution in [1.29, 1.82) is 0 Å². The summed E-state index contributed by atoms with van der Waals surface area (Å²) in [5.74, 6) is -0.647. The van der Waals surface area contributed by atoms with Crippen LogP contribution in [0, 0.1) is 0 Å². The number of nitrogens with zero attached hydrogens (tertiary/aromatic N) is 2. The number of benzene rings is 3. The number of carbonyl (C=O) groups is 1. The fourth-order valence-corrected chi connectivity index (χ4v) is 4.00. The third-order valence-corrected chi connectivity index (χ3v) is 5.60. The zero-order chi connectivity index (χ0) is 23.1. The first-order chi connectivity index (χ1) is 15.9. The van der Waals surface area contributed by atoms with Crippen molar-refractivity contribution in [2.75, 3.05) is 0 Å². The Morgan fingerprint density at radius 1 is 1.06 bits per heavy atom. The summed E-state index contributed by atoms with van der Waals surface area (Å²) < 4.78 is 5.59. The maximum absolute atomic E-state index is 12.1. The van der Waals surface area contributed by atoms with Crippen molar-refractivity contribution in [2.24, 2.45) is 0 Å². The summed E-state index contributed by atoms with van der Waals surface area (Å²) >= 11 is 0.728. The Balaban J connectivity index is 1.55. The molecular formula is C21H14N4O7S. The Bertz CT molecular complexity index is 1570. The topological polar surface area (TPSA) is 163 Å². The largest absolute Gasteiger partial charge is 0.507 e. The third-order valence-electron chi connectivity index (χ3n) is 5.05. The van der Waals surface area contributed by atoms with Crippen molar-refractivity contribution in [2.45, 2.75) is 4.90 Å². The molecule has 11 nitrogen and oxygen atoms in total. The lowest BCUT2D eigenvalue weighted by atomic mass is 10.1. The molecule has 5 rings (SSSR count). The van der Waals surface area contributed by atoms with E-state index in [1.807, 2.05) is 0 Å². The van der Waals surface area contributed by atoms with Gasteiger partial charge < -0.3 is 15.2 Å². The van der Waals surface area contributed by atoms with E-state index in [0.717, 1.165) is 33.9 Å². The standard InChI is InChI=1S/C21H14N4O7S/c26-17-8-12(33-32-31-30)7-14-13(17)5-6-15-19(14)23-20(22-15)10-1-3-11(4-2-10)25-18(27)9-16(24-25)21(28)29/h1-9,24,26,30H,(H,22,23)(H,28,29). The molecule has 0 saturated heterocycles. The molecule has 0 fully saturated rings. The van der Waals surface area contributed by atoms with Crippen LogP contribution >= 0.6 is 12.0 Å². The molecule has 0 radical (unpaired) electrons. The van der Waals surface area contributed by atoms with Crippen LogP contribution in [0.15, 0.2) is 64.3 Å². The van der Waals surface area contributed by atoms with Gasteiger partial charge in [-0.25, -0.2) is 19.7 Å². The maximum atomic E-state index is 12.1. The first-order valence-corrected chi connectivity index (χ1v) is 10.1. The molecule has 3 aromatic carbocycles. The Hall–Kier alpha value is -4.10. The van der Waals surface area contributed by atoms with Crippen LogP contribution in [0.2, 0.25) is 0 Å². The number of fused-ring (bicyclic) bond motifs is 3. The number of phenols is 1. The Morgan fingerprint density at radius 3 is 2.55 bits per heavy atom. The summed E-state index contributed by atoms with van der Waals surface area (Å²) in [6.07, 6.45) is 0. The number of aromatic amines is 2. The number of carboxylic acids is 1. The Labute approximate surface area is 187 Å². The normalized spacial score (nSPS) is 11.4. The Morgan fingerprint density at radius 2 is 1.85 bits per heavy atom. The van der Waals surface area contributed by atoms with E-state index in [4.69, 9.17) is 10.4 Å². The van der Waals surface area contributed by atoms with Crippen LogP contribution in [0.25, 0.3) is 38.9 Å². The number of hydrogen-bond acceptors (Lipinski definition) is 8. The van der Waals surface area contributed by atoms with Crippen LogP contribution in [0.1, 0.15) is 10.5 Å². The van der Waals surface area contributed by atoms with Gasteiger partial charge in [-0.15, -0.1) is 4.33 Å². The van der Waals surface area contributed by atoms with E-state index in [1.54, 1.807) is 42.5 Å². The van der Waals surface area contributed by atoms with Crippen molar-refractivity contribution in [3.05, 3.63) is 70.6 Å². The number of aromatic hydroxyl groups is 1. The van der Waals surface area contributed by atoms with Gasteiger partial charge in [0.2, 0.25) is 0 Å². The van der Waals surface area contributed by atoms with Crippen LogP contribution in [0.4, 0.5) is 0 Å². The molecular weight excluding hydrogens is 452 g/mol. The Kier molecular flexibility index (Phi) is 5.11. The number of rotatable bonds is 6. The molecule has 0 unspecified atom stereocenters. The highest BCUT2D eigenvalue weighted by Gasteiger charge is 2.14. The highest BCUT2D eigenvalue weighted by atomic mass is 32.2. The van der Waals surface area contributed by atoms with Crippen molar-refractivity contribution in [1.82, 2.24) is 19.7 Å². The van der Waals surface area contributed by atoms with Crippen LogP contribution in [0.5, 0.6) is 5.75 Å². The molecule has 166 valence electrons. The number of imidazole rings is 1.